The van der Waals surface area contributed by atoms with Crippen molar-refractivity contribution in [1.29, 1.82) is 0 Å². The summed E-state index contributed by atoms with van der Waals surface area (Å²) in [6, 6.07) is 9.66. The second-order valence-corrected chi connectivity index (χ2v) is 11.8. The van der Waals surface area contributed by atoms with Crippen molar-refractivity contribution in [2.45, 2.75) is 57.1 Å². The number of halogens is 2. The van der Waals surface area contributed by atoms with Gasteiger partial charge in [0, 0.05) is 27.7 Å². The van der Waals surface area contributed by atoms with Gasteiger partial charge in [0.2, 0.25) is 11.8 Å². The van der Waals surface area contributed by atoms with Crippen LogP contribution in [0.3, 0.4) is 0 Å². The molecule has 1 aliphatic rings. The molecule has 1 unspecified atom stereocenters. The fourth-order valence-corrected chi connectivity index (χ4v) is 5.86. The number of rotatable bonds is 7. The van der Waals surface area contributed by atoms with Crippen molar-refractivity contribution in [3.8, 4) is 0 Å². The third kappa shape index (κ3) is 5.63. The van der Waals surface area contributed by atoms with E-state index < -0.39 is 45.9 Å². The predicted molar refractivity (Wildman–Crippen MR) is 134 cm³/mol. The number of nitrogens with zero attached hydrogens (tertiary/aromatic N) is 2. The molecule has 0 bridgehead atoms. The van der Waals surface area contributed by atoms with Gasteiger partial charge in [0.25, 0.3) is 15.9 Å². The Morgan fingerprint density at radius 3 is 2.20 bits per heavy atom. The molecule has 0 fully saturated rings. The molecule has 3 amide bonds. The lowest BCUT2D eigenvalue weighted by Gasteiger charge is -2.34. The van der Waals surface area contributed by atoms with Crippen LogP contribution in [0.1, 0.15) is 50.0 Å². The van der Waals surface area contributed by atoms with E-state index in [1.807, 2.05) is 0 Å². The van der Waals surface area contributed by atoms with Gasteiger partial charge in [-0.3, -0.25) is 14.4 Å². The zero-order valence-electron chi connectivity index (χ0n) is 19.8. The third-order valence-corrected chi connectivity index (χ3v) is 7.96. The first-order chi connectivity index (χ1) is 16.3. The molecule has 1 N–H and O–H groups in total. The van der Waals surface area contributed by atoms with Crippen molar-refractivity contribution < 1.29 is 22.8 Å². The molecule has 0 spiro atoms. The normalized spacial score (nSPS) is 15.5. The summed E-state index contributed by atoms with van der Waals surface area (Å²) in [6.45, 7) is 6.23. The second-order valence-electron chi connectivity index (χ2n) is 9.20. The SMILES string of the molecule is CCC(C(=O)NC(C)(C)C)N(Cc1c(Cl)cccc1Cl)C(=O)CN1C(=O)c2ccccc2S1(=O)=O. The maximum Gasteiger partial charge on any atom is 0.269 e. The number of hydrogen-bond acceptors (Lipinski definition) is 5. The van der Waals surface area contributed by atoms with Gasteiger partial charge in [0.15, 0.2) is 0 Å². The highest BCUT2D eigenvalue weighted by Gasteiger charge is 2.43. The number of carbonyl (C=O) groups excluding carboxylic acids is 3. The van der Waals surface area contributed by atoms with Crippen molar-refractivity contribution in [2.75, 3.05) is 6.54 Å². The van der Waals surface area contributed by atoms with E-state index in [9.17, 15) is 22.8 Å². The molecular weight excluding hydrogens is 513 g/mol. The van der Waals surface area contributed by atoms with E-state index in [4.69, 9.17) is 23.2 Å². The lowest BCUT2D eigenvalue weighted by molar-refractivity contribution is -0.141. The summed E-state index contributed by atoms with van der Waals surface area (Å²) >= 11 is 12.7. The van der Waals surface area contributed by atoms with Crippen LogP contribution in [0.5, 0.6) is 0 Å². The third-order valence-electron chi connectivity index (χ3n) is 5.47. The number of nitrogens with one attached hydrogen (secondary N) is 1. The van der Waals surface area contributed by atoms with Crippen molar-refractivity contribution >= 4 is 50.9 Å². The van der Waals surface area contributed by atoms with Crippen molar-refractivity contribution in [3.05, 3.63) is 63.6 Å². The van der Waals surface area contributed by atoms with E-state index in [2.05, 4.69) is 5.32 Å². The number of amides is 3. The topological polar surface area (TPSA) is 104 Å². The minimum absolute atomic E-state index is 0.00137. The molecule has 1 heterocycles. The van der Waals surface area contributed by atoms with Gasteiger partial charge in [-0.1, -0.05) is 48.3 Å². The number of sulfonamides is 1. The van der Waals surface area contributed by atoms with Crippen LogP contribution in [0.4, 0.5) is 0 Å². The highest BCUT2D eigenvalue weighted by Crippen LogP contribution is 2.31. The summed E-state index contributed by atoms with van der Waals surface area (Å²) in [5.74, 6) is -1.95. The molecule has 2 aromatic rings. The standard InChI is InChI=1S/C24H27Cl2N3O5S/c1-5-19(22(31)27-24(2,3)4)28(13-16-17(25)10-8-11-18(16)26)21(30)14-29-23(32)15-9-6-7-12-20(15)35(29,33)34/h6-12,19H,5,13-14H2,1-4H3,(H,27,31). The molecule has 0 radical (unpaired) electrons. The average Bonchev–Trinajstić information content (AvgIpc) is 2.95. The Hall–Kier alpha value is -2.62. The monoisotopic (exact) mass is 539 g/mol. The molecule has 8 nitrogen and oxygen atoms in total. The lowest BCUT2D eigenvalue weighted by Crippen LogP contribution is -2.55. The van der Waals surface area contributed by atoms with Crippen LogP contribution in [0.15, 0.2) is 47.4 Å². The van der Waals surface area contributed by atoms with E-state index in [0.717, 1.165) is 0 Å². The summed E-state index contributed by atoms with van der Waals surface area (Å²) < 4.78 is 26.5. The van der Waals surface area contributed by atoms with Crippen molar-refractivity contribution in [1.82, 2.24) is 14.5 Å². The van der Waals surface area contributed by atoms with Crippen LogP contribution >= 0.6 is 23.2 Å². The molecule has 0 saturated carbocycles. The van der Waals surface area contributed by atoms with Crippen LogP contribution in [0.25, 0.3) is 0 Å². The largest absolute Gasteiger partial charge is 0.350 e. The van der Waals surface area contributed by atoms with Gasteiger partial charge in [0.1, 0.15) is 17.5 Å². The van der Waals surface area contributed by atoms with Gasteiger partial charge < -0.3 is 10.2 Å². The Morgan fingerprint density at radius 2 is 1.66 bits per heavy atom. The van der Waals surface area contributed by atoms with Crippen LogP contribution in [0, 0.1) is 0 Å². The molecule has 1 atom stereocenters. The Balaban J connectivity index is 1.99. The summed E-state index contributed by atoms with van der Waals surface area (Å²) in [5.41, 5.74) is -0.166. The Bertz CT molecular complexity index is 1250. The fourth-order valence-electron chi connectivity index (χ4n) is 3.83. The van der Waals surface area contributed by atoms with E-state index >= 15 is 0 Å². The lowest BCUT2D eigenvalue weighted by atomic mass is 10.1. The molecule has 35 heavy (non-hydrogen) atoms. The van der Waals surface area contributed by atoms with Crippen molar-refractivity contribution in [3.63, 3.8) is 0 Å². The molecular formula is C24H27Cl2N3O5S. The van der Waals surface area contributed by atoms with Gasteiger partial charge in [-0.25, -0.2) is 12.7 Å². The second kappa shape index (κ2) is 10.2. The quantitative estimate of drug-likeness (QED) is 0.575. The Morgan fingerprint density at radius 1 is 1.06 bits per heavy atom. The minimum Gasteiger partial charge on any atom is -0.350 e. The van der Waals surface area contributed by atoms with E-state index in [-0.39, 0.29) is 23.4 Å². The molecule has 1 aliphatic heterocycles. The highest BCUT2D eigenvalue weighted by molar-refractivity contribution is 7.90. The van der Waals surface area contributed by atoms with Crippen molar-refractivity contribution in [2.24, 2.45) is 0 Å². The average molecular weight is 540 g/mol. The number of fused-ring (bicyclic) bond motifs is 1. The Kier molecular flexibility index (Phi) is 7.83. The zero-order chi connectivity index (χ0) is 26.1. The maximum atomic E-state index is 13.6. The smallest absolute Gasteiger partial charge is 0.269 e. The molecule has 188 valence electrons. The van der Waals surface area contributed by atoms with Crippen LogP contribution in [-0.2, 0) is 26.2 Å². The number of hydrogen-bond donors (Lipinski definition) is 1. The molecule has 0 aliphatic carbocycles. The minimum atomic E-state index is -4.21. The predicted octanol–water partition coefficient (Wildman–Crippen LogP) is 3.86. The summed E-state index contributed by atoms with van der Waals surface area (Å²) in [6.07, 6.45) is 0.233. The van der Waals surface area contributed by atoms with E-state index in [0.29, 0.717) is 19.9 Å². The van der Waals surface area contributed by atoms with Gasteiger partial charge >= 0.3 is 0 Å². The van der Waals surface area contributed by atoms with E-state index in [1.54, 1.807) is 52.0 Å². The van der Waals surface area contributed by atoms with Crippen LogP contribution < -0.4 is 5.32 Å². The van der Waals surface area contributed by atoms with Crippen LogP contribution in [0.2, 0.25) is 10.0 Å². The number of carbonyl (C=O) groups is 3. The first kappa shape index (κ1) is 27.0. The zero-order valence-corrected chi connectivity index (χ0v) is 22.2. The van der Waals surface area contributed by atoms with Crippen LogP contribution in [-0.4, -0.2) is 53.5 Å². The van der Waals surface area contributed by atoms with E-state index in [1.165, 1.54) is 23.1 Å². The molecule has 0 aromatic heterocycles. The first-order valence-corrected chi connectivity index (χ1v) is 13.2. The first-order valence-electron chi connectivity index (χ1n) is 11.0. The number of benzene rings is 2. The molecule has 0 saturated heterocycles. The van der Waals surface area contributed by atoms with Gasteiger partial charge in [-0.2, -0.15) is 0 Å². The van der Waals surface area contributed by atoms with Gasteiger partial charge in [-0.05, 0) is 51.5 Å². The van der Waals surface area contributed by atoms with Gasteiger partial charge in [-0.15, -0.1) is 0 Å². The maximum absolute atomic E-state index is 13.6. The molecule has 3 rings (SSSR count). The summed E-state index contributed by atoms with van der Waals surface area (Å²) in [5, 5.41) is 3.44. The molecule has 2 aromatic carbocycles. The Labute approximate surface area is 215 Å². The van der Waals surface area contributed by atoms with Gasteiger partial charge in [0.05, 0.1) is 5.56 Å². The highest BCUT2D eigenvalue weighted by atomic mass is 35.5. The fraction of sp³-hybridized carbons (Fsp3) is 0.375. The summed E-state index contributed by atoms with van der Waals surface area (Å²) in [4.78, 5) is 40.6. The molecule has 11 heteroatoms. The summed E-state index contributed by atoms with van der Waals surface area (Å²) in [7, 11) is -4.21.